The van der Waals surface area contributed by atoms with Crippen LogP contribution in [0.5, 0.6) is 5.75 Å². The summed E-state index contributed by atoms with van der Waals surface area (Å²) in [4.78, 5) is 36.3. The summed E-state index contributed by atoms with van der Waals surface area (Å²) in [7, 11) is 0. The third-order valence-electron chi connectivity index (χ3n) is 4.60. The van der Waals surface area contributed by atoms with Gasteiger partial charge < -0.3 is 24.8 Å². The first-order valence-electron chi connectivity index (χ1n) is 9.76. The van der Waals surface area contributed by atoms with Crippen molar-refractivity contribution in [2.75, 3.05) is 19.8 Å². The van der Waals surface area contributed by atoms with E-state index < -0.39 is 24.0 Å². The SMILES string of the molecule is CCOC(=O)C1=C(COC(=O)COc2ccc3ccccc3c2)NC(=O)N[C@@H]1CC. The summed E-state index contributed by atoms with van der Waals surface area (Å²) in [6.07, 6.45) is 0.490. The van der Waals surface area contributed by atoms with Crippen molar-refractivity contribution in [3.8, 4) is 5.75 Å². The summed E-state index contributed by atoms with van der Waals surface area (Å²) < 4.78 is 15.8. The van der Waals surface area contributed by atoms with Crippen LogP contribution in [0.25, 0.3) is 10.8 Å². The molecule has 2 aromatic carbocycles. The molecule has 1 atom stereocenters. The second-order valence-electron chi connectivity index (χ2n) is 6.63. The standard InChI is InChI=1S/C22H24N2O6/c1-3-17-20(21(26)28-4-2)18(24-22(27)23-17)12-30-19(25)13-29-16-10-9-14-7-5-6-8-15(14)11-16/h5-11,17H,3-4,12-13H2,1-2H3,(H2,23,24,27)/t17-/m1/s1. The fraction of sp³-hybridized carbons (Fsp3) is 0.318. The number of nitrogens with one attached hydrogen (secondary N) is 2. The Morgan fingerprint density at radius 3 is 2.53 bits per heavy atom. The average Bonchev–Trinajstić information content (AvgIpc) is 2.75. The van der Waals surface area contributed by atoms with Gasteiger partial charge in [0.2, 0.25) is 0 Å². The molecule has 2 amide bonds. The van der Waals surface area contributed by atoms with E-state index in [0.29, 0.717) is 12.2 Å². The number of carbonyl (C=O) groups excluding carboxylic acids is 3. The Bertz CT molecular complexity index is 985. The maximum Gasteiger partial charge on any atom is 0.344 e. The van der Waals surface area contributed by atoms with Crippen LogP contribution in [0.4, 0.5) is 4.79 Å². The van der Waals surface area contributed by atoms with Gasteiger partial charge in [-0.3, -0.25) is 0 Å². The maximum atomic E-state index is 12.3. The van der Waals surface area contributed by atoms with Crippen LogP contribution < -0.4 is 15.4 Å². The lowest BCUT2D eigenvalue weighted by atomic mass is 10.0. The van der Waals surface area contributed by atoms with Crippen LogP contribution in [0.15, 0.2) is 53.7 Å². The van der Waals surface area contributed by atoms with E-state index in [-0.39, 0.29) is 31.1 Å². The van der Waals surface area contributed by atoms with E-state index in [4.69, 9.17) is 14.2 Å². The first-order valence-corrected chi connectivity index (χ1v) is 9.76. The largest absolute Gasteiger partial charge is 0.482 e. The fourth-order valence-electron chi connectivity index (χ4n) is 3.17. The van der Waals surface area contributed by atoms with E-state index in [1.54, 1.807) is 13.0 Å². The van der Waals surface area contributed by atoms with Gasteiger partial charge in [-0.25, -0.2) is 14.4 Å². The van der Waals surface area contributed by atoms with Crippen LogP contribution >= 0.6 is 0 Å². The molecule has 1 aliphatic heterocycles. The summed E-state index contributed by atoms with van der Waals surface area (Å²) in [5.74, 6) is -0.645. The lowest BCUT2D eigenvalue weighted by molar-refractivity contribution is -0.145. The van der Waals surface area contributed by atoms with Gasteiger partial charge >= 0.3 is 18.0 Å². The Morgan fingerprint density at radius 2 is 1.80 bits per heavy atom. The lowest BCUT2D eigenvalue weighted by Crippen LogP contribution is -2.51. The highest BCUT2D eigenvalue weighted by molar-refractivity contribution is 5.95. The number of rotatable bonds is 8. The molecule has 30 heavy (non-hydrogen) atoms. The quantitative estimate of drug-likeness (QED) is 0.646. The van der Waals surface area contributed by atoms with E-state index in [0.717, 1.165) is 10.8 Å². The first-order chi connectivity index (χ1) is 14.5. The van der Waals surface area contributed by atoms with Crippen LogP contribution in [-0.4, -0.2) is 43.8 Å². The average molecular weight is 412 g/mol. The molecule has 0 radical (unpaired) electrons. The second-order valence-corrected chi connectivity index (χ2v) is 6.63. The molecule has 8 nitrogen and oxygen atoms in total. The van der Waals surface area contributed by atoms with Crippen LogP contribution in [0.1, 0.15) is 20.3 Å². The van der Waals surface area contributed by atoms with E-state index in [2.05, 4.69) is 10.6 Å². The zero-order chi connectivity index (χ0) is 21.5. The predicted octanol–water partition coefficient (Wildman–Crippen LogP) is 2.67. The molecule has 158 valence electrons. The van der Waals surface area contributed by atoms with Crippen molar-refractivity contribution >= 4 is 28.7 Å². The van der Waals surface area contributed by atoms with Crippen molar-refractivity contribution in [1.82, 2.24) is 10.6 Å². The van der Waals surface area contributed by atoms with Gasteiger partial charge in [0.25, 0.3) is 0 Å². The van der Waals surface area contributed by atoms with Crippen molar-refractivity contribution in [1.29, 1.82) is 0 Å². The van der Waals surface area contributed by atoms with E-state index in [1.807, 2.05) is 43.3 Å². The molecule has 8 heteroatoms. The minimum absolute atomic E-state index is 0.194. The van der Waals surface area contributed by atoms with Crippen LogP contribution in [-0.2, 0) is 19.1 Å². The Hall–Kier alpha value is -3.55. The van der Waals surface area contributed by atoms with Crippen LogP contribution in [0.2, 0.25) is 0 Å². The molecule has 0 aromatic heterocycles. The number of hydrogen-bond donors (Lipinski definition) is 2. The zero-order valence-corrected chi connectivity index (χ0v) is 16.9. The molecule has 2 aromatic rings. The Morgan fingerprint density at radius 1 is 1.03 bits per heavy atom. The molecule has 0 fully saturated rings. The van der Waals surface area contributed by atoms with Crippen molar-refractivity contribution in [3.05, 3.63) is 53.7 Å². The molecular weight excluding hydrogens is 388 g/mol. The highest BCUT2D eigenvalue weighted by Crippen LogP contribution is 2.21. The monoisotopic (exact) mass is 412 g/mol. The molecule has 0 aliphatic carbocycles. The number of hydrogen-bond acceptors (Lipinski definition) is 6. The summed E-state index contributed by atoms with van der Waals surface area (Å²) in [5.41, 5.74) is 0.463. The van der Waals surface area contributed by atoms with Gasteiger partial charge in [0.1, 0.15) is 12.4 Å². The number of amides is 2. The molecule has 3 rings (SSSR count). The second kappa shape index (κ2) is 9.78. The van der Waals surface area contributed by atoms with E-state index >= 15 is 0 Å². The molecular formula is C22H24N2O6. The van der Waals surface area contributed by atoms with Gasteiger partial charge in [0.15, 0.2) is 6.61 Å². The van der Waals surface area contributed by atoms with Crippen LogP contribution in [0, 0.1) is 0 Å². The van der Waals surface area contributed by atoms with E-state index in [9.17, 15) is 14.4 Å². The first kappa shape index (κ1) is 21.2. The summed E-state index contributed by atoms with van der Waals surface area (Å²) in [6.45, 7) is 3.15. The molecule has 0 saturated heterocycles. The maximum absolute atomic E-state index is 12.3. The van der Waals surface area contributed by atoms with Crippen molar-refractivity contribution in [2.45, 2.75) is 26.3 Å². The molecule has 2 N–H and O–H groups in total. The third-order valence-corrected chi connectivity index (χ3v) is 4.60. The fourth-order valence-corrected chi connectivity index (χ4v) is 3.17. The lowest BCUT2D eigenvalue weighted by Gasteiger charge is -2.28. The number of benzene rings is 2. The van der Waals surface area contributed by atoms with Crippen molar-refractivity contribution < 1.29 is 28.6 Å². The molecule has 1 aliphatic rings. The molecule has 0 saturated carbocycles. The highest BCUT2D eigenvalue weighted by Gasteiger charge is 2.32. The van der Waals surface area contributed by atoms with Crippen molar-refractivity contribution in [2.24, 2.45) is 0 Å². The summed E-state index contributed by atoms with van der Waals surface area (Å²) in [6, 6.07) is 12.3. The molecule has 1 heterocycles. The number of carbonyl (C=O) groups is 3. The van der Waals surface area contributed by atoms with Gasteiger partial charge in [-0.15, -0.1) is 0 Å². The Kier molecular flexibility index (Phi) is 6.90. The number of urea groups is 1. The zero-order valence-electron chi connectivity index (χ0n) is 16.9. The summed E-state index contributed by atoms with van der Waals surface area (Å²) >= 11 is 0. The van der Waals surface area contributed by atoms with Gasteiger partial charge in [0, 0.05) is 0 Å². The topological polar surface area (TPSA) is 103 Å². The van der Waals surface area contributed by atoms with Gasteiger partial charge in [-0.1, -0.05) is 37.3 Å². The normalized spacial score (nSPS) is 15.9. The van der Waals surface area contributed by atoms with Crippen molar-refractivity contribution in [3.63, 3.8) is 0 Å². The molecule has 0 bridgehead atoms. The number of esters is 2. The van der Waals surface area contributed by atoms with Gasteiger partial charge in [0.05, 0.1) is 23.9 Å². The van der Waals surface area contributed by atoms with Gasteiger partial charge in [-0.2, -0.15) is 0 Å². The number of ether oxygens (including phenoxy) is 3. The Labute approximate surface area is 174 Å². The van der Waals surface area contributed by atoms with Crippen LogP contribution in [0.3, 0.4) is 0 Å². The molecule has 0 spiro atoms. The molecule has 0 unspecified atom stereocenters. The predicted molar refractivity (Wildman–Crippen MR) is 110 cm³/mol. The van der Waals surface area contributed by atoms with E-state index in [1.165, 1.54) is 0 Å². The third kappa shape index (κ3) is 5.08. The van der Waals surface area contributed by atoms with Gasteiger partial charge in [-0.05, 0) is 36.2 Å². The number of fused-ring (bicyclic) bond motifs is 1. The minimum Gasteiger partial charge on any atom is -0.482 e. The Balaban J connectivity index is 1.63. The smallest absolute Gasteiger partial charge is 0.344 e. The minimum atomic E-state index is -0.625. The highest BCUT2D eigenvalue weighted by atomic mass is 16.6. The summed E-state index contributed by atoms with van der Waals surface area (Å²) in [5, 5.41) is 7.25.